The van der Waals surface area contributed by atoms with Crippen molar-refractivity contribution in [2.45, 2.75) is 25.3 Å². The molecular formula is C23H24N6O. The van der Waals surface area contributed by atoms with E-state index in [0.717, 1.165) is 55.1 Å². The Bertz CT molecular complexity index is 1130. The Labute approximate surface area is 175 Å². The Morgan fingerprint density at radius 3 is 2.87 bits per heavy atom. The summed E-state index contributed by atoms with van der Waals surface area (Å²) in [6.07, 6.45) is 6.39. The molecule has 2 aliphatic carbocycles. The molecule has 0 amide bonds. The summed E-state index contributed by atoms with van der Waals surface area (Å²) in [6, 6.07) is 10.8. The van der Waals surface area contributed by atoms with Gasteiger partial charge in [-0.25, -0.2) is 0 Å². The molecule has 3 aliphatic rings. The molecule has 152 valence electrons. The van der Waals surface area contributed by atoms with Crippen molar-refractivity contribution < 1.29 is 4.74 Å². The summed E-state index contributed by atoms with van der Waals surface area (Å²) in [5.74, 6) is 1.60. The lowest BCUT2D eigenvalue weighted by molar-refractivity contribution is 0.438. The molecule has 7 heteroatoms. The Hall–Kier alpha value is -3.19. The van der Waals surface area contributed by atoms with E-state index in [0.29, 0.717) is 17.8 Å². The Morgan fingerprint density at radius 2 is 2.13 bits per heavy atom. The third-order valence-corrected chi connectivity index (χ3v) is 6.78. The lowest BCUT2D eigenvalue weighted by Crippen LogP contribution is -2.24. The average molecular weight is 400 g/mol. The summed E-state index contributed by atoms with van der Waals surface area (Å²) < 4.78 is 6.00. The Morgan fingerprint density at radius 1 is 1.23 bits per heavy atom. The largest absolute Gasteiger partial charge is 0.423 e. The van der Waals surface area contributed by atoms with Crippen LogP contribution in [0.2, 0.25) is 0 Å². The molecule has 2 atom stereocenters. The molecular weight excluding hydrogens is 376 g/mol. The van der Waals surface area contributed by atoms with Gasteiger partial charge in [-0.3, -0.25) is 4.98 Å². The van der Waals surface area contributed by atoms with Crippen LogP contribution in [0.5, 0.6) is 11.8 Å². The monoisotopic (exact) mass is 400 g/mol. The normalized spacial score (nSPS) is 23.4. The van der Waals surface area contributed by atoms with Crippen LogP contribution in [0.1, 0.15) is 24.1 Å². The topological polar surface area (TPSA) is 89.2 Å². The van der Waals surface area contributed by atoms with Crippen molar-refractivity contribution in [1.29, 1.82) is 0 Å². The first kappa shape index (κ1) is 17.7. The molecule has 1 aromatic carbocycles. The third-order valence-electron chi connectivity index (χ3n) is 6.78. The highest BCUT2D eigenvalue weighted by Crippen LogP contribution is 2.54. The third kappa shape index (κ3) is 2.65. The van der Waals surface area contributed by atoms with E-state index in [2.05, 4.69) is 33.4 Å². The summed E-state index contributed by atoms with van der Waals surface area (Å²) in [4.78, 5) is 16.2. The molecule has 1 aliphatic heterocycles. The maximum Gasteiger partial charge on any atom is 0.324 e. The highest BCUT2D eigenvalue weighted by atomic mass is 16.5. The second kappa shape index (κ2) is 6.40. The molecule has 1 spiro atoms. The number of pyridine rings is 1. The number of ether oxygens (including phenoxy) is 1. The number of hydrogen-bond donors (Lipinski definition) is 2. The molecule has 1 saturated heterocycles. The highest BCUT2D eigenvalue weighted by molar-refractivity contribution is 5.88. The van der Waals surface area contributed by atoms with Gasteiger partial charge in [0.1, 0.15) is 11.6 Å². The smallest absolute Gasteiger partial charge is 0.324 e. The lowest BCUT2D eigenvalue weighted by Gasteiger charge is -2.21. The van der Waals surface area contributed by atoms with Crippen LogP contribution in [0.25, 0.3) is 11.1 Å². The van der Waals surface area contributed by atoms with E-state index in [1.807, 2.05) is 19.2 Å². The first-order valence-corrected chi connectivity index (χ1v) is 10.5. The molecule has 1 saturated carbocycles. The first-order chi connectivity index (χ1) is 14.7. The fourth-order valence-corrected chi connectivity index (χ4v) is 5.00. The van der Waals surface area contributed by atoms with Crippen molar-refractivity contribution in [3.63, 3.8) is 0 Å². The van der Waals surface area contributed by atoms with Crippen LogP contribution >= 0.6 is 0 Å². The van der Waals surface area contributed by atoms with Crippen molar-refractivity contribution >= 4 is 11.5 Å². The number of nitrogens with one attached hydrogen (secondary N) is 1. The number of hydrogen-bond acceptors (Lipinski definition) is 7. The molecule has 2 unspecified atom stereocenters. The number of nitrogens with zero attached hydrogens (tertiary/aromatic N) is 4. The van der Waals surface area contributed by atoms with Gasteiger partial charge in [0.25, 0.3) is 0 Å². The number of fused-ring (bicyclic) bond motifs is 3. The van der Waals surface area contributed by atoms with Crippen LogP contribution in [0.15, 0.2) is 42.7 Å². The molecule has 3 heterocycles. The molecule has 30 heavy (non-hydrogen) atoms. The van der Waals surface area contributed by atoms with Crippen LogP contribution in [0, 0.1) is 5.41 Å². The second-order valence-corrected chi connectivity index (χ2v) is 8.55. The minimum absolute atomic E-state index is 0.260. The fourth-order valence-electron chi connectivity index (χ4n) is 5.00. The van der Waals surface area contributed by atoms with E-state index in [1.54, 1.807) is 12.4 Å². The molecule has 0 radical (unpaired) electrons. The minimum Gasteiger partial charge on any atom is -0.423 e. The minimum atomic E-state index is 0.260. The van der Waals surface area contributed by atoms with Crippen molar-refractivity contribution in [3.8, 4) is 22.9 Å². The summed E-state index contributed by atoms with van der Waals surface area (Å²) in [7, 11) is 1.96. The van der Waals surface area contributed by atoms with Gasteiger partial charge in [-0.1, -0.05) is 12.1 Å². The van der Waals surface area contributed by atoms with Crippen LogP contribution in [0.4, 0.5) is 11.5 Å². The SMILES string of the molecule is CNc1cccc2c1Cc1nc(Oc3cccnc3)nc(N3CCC4(CC4N)C3)c1-2. The number of aromatic nitrogens is 3. The maximum absolute atomic E-state index is 6.26. The second-order valence-electron chi connectivity index (χ2n) is 8.55. The molecule has 2 fully saturated rings. The van der Waals surface area contributed by atoms with E-state index >= 15 is 0 Å². The zero-order valence-corrected chi connectivity index (χ0v) is 16.9. The van der Waals surface area contributed by atoms with E-state index in [4.69, 9.17) is 20.4 Å². The molecule has 3 aromatic rings. The first-order valence-electron chi connectivity index (χ1n) is 10.5. The molecule has 6 rings (SSSR count). The Kier molecular flexibility index (Phi) is 3.77. The fraction of sp³-hybridized carbons (Fsp3) is 0.348. The summed E-state index contributed by atoms with van der Waals surface area (Å²) in [6.45, 7) is 1.91. The van der Waals surface area contributed by atoms with Crippen LogP contribution in [0.3, 0.4) is 0 Å². The molecule has 2 aromatic heterocycles. The molecule has 0 bridgehead atoms. The summed E-state index contributed by atoms with van der Waals surface area (Å²) in [5.41, 5.74) is 12.3. The van der Waals surface area contributed by atoms with Gasteiger partial charge in [0, 0.05) is 55.5 Å². The van der Waals surface area contributed by atoms with E-state index in [1.165, 1.54) is 11.1 Å². The number of anilines is 2. The quantitative estimate of drug-likeness (QED) is 0.544. The van der Waals surface area contributed by atoms with Gasteiger partial charge in [0.2, 0.25) is 0 Å². The van der Waals surface area contributed by atoms with Crippen molar-refractivity contribution in [2.75, 3.05) is 30.4 Å². The van der Waals surface area contributed by atoms with Crippen LogP contribution < -0.4 is 20.7 Å². The van der Waals surface area contributed by atoms with Crippen molar-refractivity contribution in [3.05, 3.63) is 54.0 Å². The van der Waals surface area contributed by atoms with Crippen LogP contribution in [-0.2, 0) is 6.42 Å². The standard InChI is InChI=1S/C23H24N6O/c1-25-17-6-2-5-15-16(17)10-18-20(15)21(29-9-7-23(13-29)11-19(23)24)28-22(27-18)30-14-4-3-8-26-12-14/h2-6,8,12,19,25H,7,9-11,13,24H2,1H3. The van der Waals surface area contributed by atoms with Crippen molar-refractivity contribution in [2.24, 2.45) is 11.1 Å². The zero-order valence-electron chi connectivity index (χ0n) is 16.9. The summed E-state index contributed by atoms with van der Waals surface area (Å²) in [5, 5.41) is 3.32. The van der Waals surface area contributed by atoms with Gasteiger partial charge in [0.05, 0.1) is 11.9 Å². The Balaban J connectivity index is 1.46. The van der Waals surface area contributed by atoms with E-state index in [-0.39, 0.29) is 5.41 Å². The maximum atomic E-state index is 6.26. The van der Waals surface area contributed by atoms with Crippen molar-refractivity contribution in [1.82, 2.24) is 15.0 Å². The van der Waals surface area contributed by atoms with Crippen LogP contribution in [-0.4, -0.2) is 41.1 Å². The van der Waals surface area contributed by atoms with E-state index < -0.39 is 0 Å². The van der Waals surface area contributed by atoms with Gasteiger partial charge in [0.15, 0.2) is 0 Å². The predicted octanol–water partition coefficient (Wildman–Crippen LogP) is 3.20. The number of rotatable bonds is 4. The van der Waals surface area contributed by atoms with Gasteiger partial charge < -0.3 is 20.7 Å². The average Bonchev–Trinajstić information content (AvgIpc) is 3.08. The van der Waals surface area contributed by atoms with Gasteiger partial charge in [-0.2, -0.15) is 9.97 Å². The summed E-state index contributed by atoms with van der Waals surface area (Å²) >= 11 is 0. The van der Waals surface area contributed by atoms with Gasteiger partial charge in [-0.05, 0) is 42.2 Å². The molecule has 7 nitrogen and oxygen atoms in total. The van der Waals surface area contributed by atoms with E-state index in [9.17, 15) is 0 Å². The van der Waals surface area contributed by atoms with Gasteiger partial charge >= 0.3 is 6.01 Å². The number of nitrogens with two attached hydrogens (primary N) is 1. The number of benzene rings is 1. The predicted molar refractivity (Wildman–Crippen MR) is 116 cm³/mol. The molecule has 3 N–H and O–H groups in total. The lowest BCUT2D eigenvalue weighted by atomic mass is 10.0. The highest BCUT2D eigenvalue weighted by Gasteiger charge is 2.56. The van der Waals surface area contributed by atoms with Gasteiger partial charge in [-0.15, -0.1) is 0 Å². The zero-order chi connectivity index (χ0) is 20.3.